The van der Waals surface area contributed by atoms with Crippen molar-refractivity contribution in [1.29, 1.82) is 0 Å². The molecular formula is C17H15FN2O. The molecule has 1 saturated carbocycles. The number of carbonyl (C=O) groups excluding carboxylic acids is 1. The highest BCUT2D eigenvalue weighted by molar-refractivity contribution is 5.85. The van der Waals surface area contributed by atoms with Crippen LogP contribution in [0.4, 0.5) is 4.39 Å². The van der Waals surface area contributed by atoms with Gasteiger partial charge in [0.1, 0.15) is 5.82 Å². The lowest BCUT2D eigenvalue weighted by Crippen LogP contribution is -2.20. The van der Waals surface area contributed by atoms with Gasteiger partial charge in [-0.25, -0.2) is 9.82 Å². The largest absolute Gasteiger partial charge is 0.273 e. The Morgan fingerprint density at radius 1 is 1.14 bits per heavy atom. The third-order valence-corrected chi connectivity index (χ3v) is 3.61. The number of halogens is 1. The third-order valence-electron chi connectivity index (χ3n) is 3.61. The molecule has 0 heterocycles. The molecule has 0 aromatic heterocycles. The van der Waals surface area contributed by atoms with E-state index in [9.17, 15) is 9.18 Å². The van der Waals surface area contributed by atoms with Gasteiger partial charge in [-0.3, -0.25) is 4.79 Å². The zero-order valence-electron chi connectivity index (χ0n) is 11.4. The topological polar surface area (TPSA) is 41.5 Å². The lowest BCUT2D eigenvalue weighted by Gasteiger charge is -2.00. The molecule has 1 aliphatic rings. The van der Waals surface area contributed by atoms with Gasteiger partial charge >= 0.3 is 0 Å². The molecule has 21 heavy (non-hydrogen) atoms. The quantitative estimate of drug-likeness (QED) is 0.679. The van der Waals surface area contributed by atoms with Gasteiger partial charge in [0.05, 0.1) is 6.21 Å². The van der Waals surface area contributed by atoms with Crippen molar-refractivity contribution in [3.63, 3.8) is 0 Å². The molecule has 1 fully saturated rings. The van der Waals surface area contributed by atoms with Crippen molar-refractivity contribution in [1.82, 2.24) is 5.43 Å². The number of benzene rings is 2. The number of hydrogen-bond acceptors (Lipinski definition) is 2. The monoisotopic (exact) mass is 282 g/mol. The van der Waals surface area contributed by atoms with E-state index in [1.165, 1.54) is 23.9 Å². The van der Waals surface area contributed by atoms with E-state index in [4.69, 9.17) is 0 Å². The van der Waals surface area contributed by atoms with Crippen LogP contribution in [-0.2, 0) is 4.79 Å². The van der Waals surface area contributed by atoms with Crippen LogP contribution in [0.15, 0.2) is 59.7 Å². The molecule has 0 saturated heterocycles. The summed E-state index contributed by atoms with van der Waals surface area (Å²) in [7, 11) is 0. The van der Waals surface area contributed by atoms with Crippen molar-refractivity contribution in [3.05, 3.63) is 71.5 Å². The summed E-state index contributed by atoms with van der Waals surface area (Å²) in [4.78, 5) is 11.9. The van der Waals surface area contributed by atoms with E-state index in [1.54, 1.807) is 12.1 Å². The van der Waals surface area contributed by atoms with E-state index >= 15 is 0 Å². The maximum Gasteiger partial charge on any atom is 0.243 e. The third kappa shape index (κ3) is 3.34. The second kappa shape index (κ2) is 5.87. The molecule has 3 rings (SSSR count). The summed E-state index contributed by atoms with van der Waals surface area (Å²) in [6, 6.07) is 15.9. The Morgan fingerprint density at radius 3 is 2.57 bits per heavy atom. The minimum absolute atomic E-state index is 0.00207. The second-order valence-electron chi connectivity index (χ2n) is 5.15. The maximum absolute atomic E-state index is 12.7. The lowest BCUT2D eigenvalue weighted by atomic mass is 10.1. The molecule has 2 atom stereocenters. The Kier molecular flexibility index (Phi) is 3.77. The minimum atomic E-state index is -0.292. The van der Waals surface area contributed by atoms with E-state index in [2.05, 4.69) is 10.5 Å². The normalized spacial score (nSPS) is 20.4. The summed E-state index contributed by atoms with van der Waals surface area (Å²) in [6.45, 7) is 0. The molecule has 2 aromatic carbocycles. The van der Waals surface area contributed by atoms with Crippen LogP contribution in [0.25, 0.3) is 0 Å². The first-order valence-corrected chi connectivity index (χ1v) is 6.87. The summed E-state index contributed by atoms with van der Waals surface area (Å²) in [5.74, 6) is -0.0629. The van der Waals surface area contributed by atoms with Gasteiger partial charge in [0.2, 0.25) is 5.91 Å². The van der Waals surface area contributed by atoms with E-state index in [1.807, 2.05) is 30.3 Å². The first kappa shape index (κ1) is 13.5. The summed E-state index contributed by atoms with van der Waals surface area (Å²) >= 11 is 0. The average molecular weight is 282 g/mol. The van der Waals surface area contributed by atoms with Crippen LogP contribution >= 0.6 is 0 Å². The molecule has 3 nitrogen and oxygen atoms in total. The van der Waals surface area contributed by atoms with Gasteiger partial charge < -0.3 is 0 Å². The summed E-state index contributed by atoms with van der Waals surface area (Å²) in [5.41, 5.74) is 4.48. The van der Waals surface area contributed by atoms with E-state index in [-0.39, 0.29) is 17.6 Å². The fraction of sp³-hybridized carbons (Fsp3) is 0.176. The smallest absolute Gasteiger partial charge is 0.243 e. The minimum Gasteiger partial charge on any atom is -0.273 e. The van der Waals surface area contributed by atoms with Crippen LogP contribution in [0, 0.1) is 11.7 Å². The highest BCUT2D eigenvalue weighted by atomic mass is 19.1. The van der Waals surface area contributed by atoms with Crippen molar-refractivity contribution in [3.8, 4) is 0 Å². The van der Waals surface area contributed by atoms with Crippen LogP contribution in [0.3, 0.4) is 0 Å². The number of hydrogen-bond donors (Lipinski definition) is 1. The summed E-state index contributed by atoms with van der Waals surface area (Å²) < 4.78 is 12.7. The van der Waals surface area contributed by atoms with E-state index in [0.29, 0.717) is 5.92 Å². The van der Waals surface area contributed by atoms with Gasteiger partial charge in [0, 0.05) is 5.92 Å². The number of carbonyl (C=O) groups is 1. The van der Waals surface area contributed by atoms with E-state index in [0.717, 1.165) is 12.0 Å². The molecule has 0 bridgehead atoms. The SMILES string of the molecule is O=C(N/N=C\c1ccc(F)cc1)[C@@H]1C[C@@H]1c1ccccc1. The van der Waals surface area contributed by atoms with E-state index < -0.39 is 0 Å². The molecule has 0 aliphatic heterocycles. The number of amides is 1. The molecule has 1 amide bonds. The average Bonchev–Trinajstić information content (AvgIpc) is 3.31. The fourth-order valence-electron chi connectivity index (χ4n) is 2.36. The van der Waals surface area contributed by atoms with Gasteiger partial charge in [-0.05, 0) is 35.6 Å². The molecule has 106 valence electrons. The van der Waals surface area contributed by atoms with Crippen molar-refractivity contribution in [2.75, 3.05) is 0 Å². The summed E-state index contributed by atoms with van der Waals surface area (Å²) in [6.07, 6.45) is 2.37. The van der Waals surface area contributed by atoms with Gasteiger partial charge in [0.15, 0.2) is 0 Å². The van der Waals surface area contributed by atoms with Crippen LogP contribution in [0.2, 0.25) is 0 Å². The van der Waals surface area contributed by atoms with Crippen LogP contribution in [0.5, 0.6) is 0 Å². The highest BCUT2D eigenvalue weighted by Gasteiger charge is 2.43. The first-order chi connectivity index (χ1) is 10.2. The number of nitrogens with zero attached hydrogens (tertiary/aromatic N) is 1. The molecule has 1 aliphatic carbocycles. The Balaban J connectivity index is 1.53. The Labute approximate surface area is 122 Å². The molecule has 2 aromatic rings. The predicted molar refractivity (Wildman–Crippen MR) is 79.4 cm³/mol. The number of nitrogens with one attached hydrogen (secondary N) is 1. The Morgan fingerprint density at radius 2 is 1.86 bits per heavy atom. The molecule has 4 heteroatoms. The Hall–Kier alpha value is -2.49. The molecule has 1 N–H and O–H groups in total. The van der Waals surface area contributed by atoms with Crippen LogP contribution in [-0.4, -0.2) is 12.1 Å². The summed E-state index contributed by atoms with van der Waals surface area (Å²) in [5, 5.41) is 3.91. The molecule has 0 radical (unpaired) electrons. The zero-order valence-corrected chi connectivity index (χ0v) is 11.4. The number of rotatable bonds is 4. The van der Waals surface area contributed by atoms with Crippen molar-refractivity contribution < 1.29 is 9.18 Å². The van der Waals surface area contributed by atoms with Crippen molar-refractivity contribution >= 4 is 12.1 Å². The van der Waals surface area contributed by atoms with Crippen molar-refractivity contribution in [2.45, 2.75) is 12.3 Å². The first-order valence-electron chi connectivity index (χ1n) is 6.87. The van der Waals surface area contributed by atoms with Crippen LogP contribution in [0.1, 0.15) is 23.5 Å². The lowest BCUT2D eigenvalue weighted by molar-refractivity contribution is -0.122. The fourth-order valence-corrected chi connectivity index (χ4v) is 2.36. The van der Waals surface area contributed by atoms with Gasteiger partial charge in [-0.15, -0.1) is 0 Å². The predicted octanol–water partition coefficient (Wildman–Crippen LogP) is 3.08. The highest BCUT2D eigenvalue weighted by Crippen LogP contribution is 2.47. The van der Waals surface area contributed by atoms with Gasteiger partial charge in [-0.1, -0.05) is 42.5 Å². The van der Waals surface area contributed by atoms with Gasteiger partial charge in [0.25, 0.3) is 0 Å². The second-order valence-corrected chi connectivity index (χ2v) is 5.15. The van der Waals surface area contributed by atoms with Crippen LogP contribution < -0.4 is 5.43 Å². The van der Waals surface area contributed by atoms with Crippen molar-refractivity contribution in [2.24, 2.45) is 11.0 Å². The molecular weight excluding hydrogens is 267 g/mol. The maximum atomic E-state index is 12.7. The van der Waals surface area contributed by atoms with Gasteiger partial charge in [-0.2, -0.15) is 5.10 Å². The number of hydrazone groups is 1. The Bertz CT molecular complexity index is 652. The molecule has 0 unspecified atom stereocenters. The standard InChI is InChI=1S/C17H15FN2O/c18-14-8-6-12(7-9-14)11-19-20-17(21)16-10-15(16)13-4-2-1-3-5-13/h1-9,11,15-16H,10H2,(H,20,21)/b19-11-/t15-,16-/m1/s1. The molecule has 0 spiro atoms. The zero-order chi connectivity index (χ0) is 14.7.